The fraction of sp³-hybridized carbons (Fsp3) is 0.571. The van der Waals surface area contributed by atoms with Crippen molar-refractivity contribution in [2.45, 2.75) is 71.2 Å². The zero-order valence-electron chi connectivity index (χ0n) is 15.5. The van der Waals surface area contributed by atoms with Crippen LogP contribution in [0.3, 0.4) is 0 Å². The van der Waals surface area contributed by atoms with Crippen molar-refractivity contribution in [3.05, 3.63) is 48.0 Å². The van der Waals surface area contributed by atoms with Gasteiger partial charge in [0.15, 0.2) is 6.10 Å². The van der Waals surface area contributed by atoms with Gasteiger partial charge in [-0.2, -0.15) is 0 Å². The number of carbonyl (C=O) groups excluding carboxylic acids is 1. The Morgan fingerprint density at radius 2 is 1.88 bits per heavy atom. The van der Waals surface area contributed by atoms with Gasteiger partial charge in [0, 0.05) is 6.92 Å². The molecule has 1 N–H and O–H groups in total. The van der Waals surface area contributed by atoms with Crippen LogP contribution in [0.1, 0.15) is 57.9 Å². The molecule has 0 heterocycles. The number of hydrogen-bond acceptors (Lipinski definition) is 4. The smallest absolute Gasteiger partial charge is 0.303 e. The minimum atomic E-state index is -0.852. The van der Waals surface area contributed by atoms with Gasteiger partial charge in [-0.05, 0) is 18.4 Å². The van der Waals surface area contributed by atoms with E-state index >= 15 is 0 Å². The third-order valence-corrected chi connectivity index (χ3v) is 3.90. The molecule has 25 heavy (non-hydrogen) atoms. The molecule has 4 heteroatoms. The molecule has 0 aliphatic heterocycles. The molecule has 0 aliphatic rings. The third kappa shape index (κ3) is 10.7. The topological polar surface area (TPSA) is 55.8 Å². The second-order valence-corrected chi connectivity index (χ2v) is 6.27. The van der Waals surface area contributed by atoms with Crippen molar-refractivity contribution in [2.75, 3.05) is 6.61 Å². The molecule has 0 spiro atoms. The maximum atomic E-state index is 11.3. The van der Waals surface area contributed by atoms with E-state index in [1.807, 2.05) is 36.4 Å². The Labute approximate surface area is 151 Å². The second-order valence-electron chi connectivity index (χ2n) is 6.27. The summed E-state index contributed by atoms with van der Waals surface area (Å²) in [6.07, 6.45) is 9.17. The van der Waals surface area contributed by atoms with Crippen LogP contribution in [0.25, 0.3) is 0 Å². The molecule has 140 valence electrons. The summed E-state index contributed by atoms with van der Waals surface area (Å²) >= 11 is 0. The number of ether oxygens (including phenoxy) is 2. The average molecular weight is 348 g/mol. The first kappa shape index (κ1) is 21.4. The van der Waals surface area contributed by atoms with E-state index in [-0.39, 0.29) is 6.61 Å². The number of carbonyl (C=O) groups is 1. The number of aliphatic hydroxyl groups is 1. The van der Waals surface area contributed by atoms with E-state index in [2.05, 4.69) is 6.92 Å². The molecule has 0 fully saturated rings. The molecule has 1 aromatic rings. The first-order valence-electron chi connectivity index (χ1n) is 9.27. The molecule has 0 bridgehead atoms. The first-order valence-corrected chi connectivity index (χ1v) is 9.27. The maximum absolute atomic E-state index is 11.3. The Hall–Kier alpha value is -1.65. The summed E-state index contributed by atoms with van der Waals surface area (Å²) in [6.45, 7) is 4.13. The predicted octanol–water partition coefficient (Wildman–Crippen LogP) is 4.41. The Morgan fingerprint density at radius 1 is 1.16 bits per heavy atom. The fourth-order valence-corrected chi connectivity index (χ4v) is 2.51. The molecule has 1 aromatic carbocycles. The van der Waals surface area contributed by atoms with Gasteiger partial charge in [0.05, 0.1) is 13.2 Å². The largest absolute Gasteiger partial charge is 0.457 e. The average Bonchev–Trinajstić information content (AvgIpc) is 2.60. The van der Waals surface area contributed by atoms with Crippen LogP contribution in [0, 0.1) is 0 Å². The van der Waals surface area contributed by atoms with Crippen molar-refractivity contribution in [1.29, 1.82) is 0 Å². The zero-order chi connectivity index (χ0) is 18.3. The van der Waals surface area contributed by atoms with Crippen LogP contribution in [0.2, 0.25) is 0 Å². The lowest BCUT2D eigenvalue weighted by atomic mass is 10.1. The summed E-state index contributed by atoms with van der Waals surface area (Å²) in [5.41, 5.74) is 1.04. The molecular weight excluding hydrogens is 316 g/mol. The van der Waals surface area contributed by atoms with Gasteiger partial charge in [0.2, 0.25) is 0 Å². The normalized spacial score (nSPS) is 13.7. The lowest BCUT2D eigenvalue weighted by Crippen LogP contribution is -2.33. The molecule has 0 saturated heterocycles. The highest BCUT2D eigenvalue weighted by atomic mass is 16.6. The monoisotopic (exact) mass is 348 g/mol. The summed E-state index contributed by atoms with van der Waals surface area (Å²) < 4.78 is 10.8. The van der Waals surface area contributed by atoms with E-state index in [1.54, 1.807) is 6.08 Å². The van der Waals surface area contributed by atoms with Gasteiger partial charge in [-0.1, -0.05) is 75.1 Å². The summed E-state index contributed by atoms with van der Waals surface area (Å²) in [6, 6.07) is 9.77. The zero-order valence-corrected chi connectivity index (χ0v) is 15.5. The highest BCUT2D eigenvalue weighted by Crippen LogP contribution is 2.09. The number of benzene rings is 1. The number of esters is 1. The number of unbranched alkanes of at least 4 members (excludes halogenated alkanes) is 5. The molecule has 2 atom stereocenters. The summed E-state index contributed by atoms with van der Waals surface area (Å²) in [5, 5.41) is 10.3. The Bertz CT molecular complexity index is 484. The highest BCUT2D eigenvalue weighted by molar-refractivity contribution is 5.66. The van der Waals surface area contributed by atoms with Gasteiger partial charge >= 0.3 is 5.97 Å². The number of aliphatic hydroxyl groups excluding tert-OH is 1. The Morgan fingerprint density at radius 3 is 2.56 bits per heavy atom. The lowest BCUT2D eigenvalue weighted by Gasteiger charge is -2.20. The highest BCUT2D eigenvalue weighted by Gasteiger charge is 2.20. The molecular formula is C21H32O4. The van der Waals surface area contributed by atoms with E-state index in [0.717, 1.165) is 18.4 Å². The van der Waals surface area contributed by atoms with Crippen molar-refractivity contribution in [3.8, 4) is 0 Å². The van der Waals surface area contributed by atoms with Crippen molar-refractivity contribution >= 4 is 5.97 Å². The van der Waals surface area contributed by atoms with Gasteiger partial charge in [-0.3, -0.25) is 4.79 Å². The van der Waals surface area contributed by atoms with Crippen LogP contribution >= 0.6 is 0 Å². The van der Waals surface area contributed by atoms with Crippen LogP contribution in [0.15, 0.2) is 42.5 Å². The summed E-state index contributed by atoms with van der Waals surface area (Å²) in [4.78, 5) is 11.3. The standard InChI is InChI=1S/C21H32O4/c1-3-4-5-6-7-8-12-15-20(23)21(25-18(2)22)17-24-16-19-13-10-9-11-14-19/h9-15,20-21,23H,3-8,16-17H2,1-2H3/b15-12-/t20-,21-/m0/s1. The summed E-state index contributed by atoms with van der Waals surface area (Å²) in [5.74, 6) is -0.416. The number of allylic oxidation sites excluding steroid dienone is 1. The van der Waals surface area contributed by atoms with Gasteiger partial charge in [0.25, 0.3) is 0 Å². The lowest BCUT2D eigenvalue weighted by molar-refractivity contribution is -0.155. The second kappa shape index (κ2) is 13.6. The van der Waals surface area contributed by atoms with E-state index < -0.39 is 18.2 Å². The van der Waals surface area contributed by atoms with Crippen LogP contribution in [0.4, 0.5) is 0 Å². The molecule has 1 rings (SSSR count). The number of rotatable bonds is 13. The molecule has 0 saturated carbocycles. The van der Waals surface area contributed by atoms with Crippen LogP contribution in [-0.4, -0.2) is 29.9 Å². The van der Waals surface area contributed by atoms with Crippen LogP contribution in [-0.2, 0) is 20.9 Å². The van der Waals surface area contributed by atoms with Crippen LogP contribution < -0.4 is 0 Å². The molecule has 0 unspecified atom stereocenters. The van der Waals surface area contributed by atoms with Crippen LogP contribution in [0.5, 0.6) is 0 Å². The molecule has 0 amide bonds. The third-order valence-electron chi connectivity index (χ3n) is 3.90. The maximum Gasteiger partial charge on any atom is 0.303 e. The molecule has 0 radical (unpaired) electrons. The van der Waals surface area contributed by atoms with E-state index in [1.165, 1.54) is 32.6 Å². The first-order chi connectivity index (χ1) is 12.1. The Balaban J connectivity index is 2.35. The van der Waals surface area contributed by atoms with Gasteiger partial charge in [-0.25, -0.2) is 0 Å². The SMILES string of the molecule is CCCCCCC/C=C\[C@H](O)[C@H](COCc1ccccc1)OC(C)=O. The number of hydrogen-bond donors (Lipinski definition) is 1. The van der Waals surface area contributed by atoms with E-state index in [4.69, 9.17) is 9.47 Å². The molecule has 4 nitrogen and oxygen atoms in total. The predicted molar refractivity (Wildman–Crippen MR) is 100 cm³/mol. The van der Waals surface area contributed by atoms with Crippen molar-refractivity contribution in [3.63, 3.8) is 0 Å². The van der Waals surface area contributed by atoms with Gasteiger partial charge in [-0.15, -0.1) is 0 Å². The van der Waals surface area contributed by atoms with Crippen molar-refractivity contribution in [2.24, 2.45) is 0 Å². The van der Waals surface area contributed by atoms with Crippen molar-refractivity contribution in [1.82, 2.24) is 0 Å². The minimum absolute atomic E-state index is 0.163. The Kier molecular flexibility index (Phi) is 11.7. The van der Waals surface area contributed by atoms with E-state index in [0.29, 0.717) is 6.61 Å². The quantitative estimate of drug-likeness (QED) is 0.326. The molecule has 0 aromatic heterocycles. The van der Waals surface area contributed by atoms with Gasteiger partial charge < -0.3 is 14.6 Å². The van der Waals surface area contributed by atoms with Gasteiger partial charge in [0.1, 0.15) is 6.10 Å². The minimum Gasteiger partial charge on any atom is -0.457 e. The van der Waals surface area contributed by atoms with Crippen molar-refractivity contribution < 1.29 is 19.4 Å². The summed E-state index contributed by atoms with van der Waals surface area (Å²) in [7, 11) is 0. The fourth-order valence-electron chi connectivity index (χ4n) is 2.51. The van der Waals surface area contributed by atoms with E-state index in [9.17, 15) is 9.90 Å². The molecule has 0 aliphatic carbocycles.